The van der Waals surface area contributed by atoms with E-state index in [9.17, 15) is 4.79 Å². The lowest BCUT2D eigenvalue weighted by Gasteiger charge is -2.06. The van der Waals surface area contributed by atoms with Gasteiger partial charge in [-0.15, -0.1) is 0 Å². The summed E-state index contributed by atoms with van der Waals surface area (Å²) in [6, 6.07) is 0. The molecule has 0 spiro atoms. The third-order valence-corrected chi connectivity index (χ3v) is 2.27. The van der Waals surface area contributed by atoms with E-state index in [1.165, 1.54) is 6.20 Å². The summed E-state index contributed by atoms with van der Waals surface area (Å²) in [7, 11) is 1.67. The molecule has 94 valence electrons. The fourth-order valence-corrected chi connectivity index (χ4v) is 1.33. The number of aromatic nitrogens is 2. The van der Waals surface area contributed by atoms with Gasteiger partial charge in [0.1, 0.15) is 0 Å². The van der Waals surface area contributed by atoms with Crippen LogP contribution >= 0.6 is 0 Å². The van der Waals surface area contributed by atoms with E-state index >= 15 is 0 Å². The average molecular weight is 239 g/mol. The van der Waals surface area contributed by atoms with Crippen molar-refractivity contribution in [3.05, 3.63) is 17.5 Å². The summed E-state index contributed by atoms with van der Waals surface area (Å²) in [6.07, 6.45) is 3.24. The van der Waals surface area contributed by atoms with E-state index in [1.807, 2.05) is 0 Å². The van der Waals surface area contributed by atoms with Crippen LogP contribution < -0.4 is 5.32 Å². The lowest BCUT2D eigenvalue weighted by molar-refractivity contribution is 0.0695. The molecule has 0 fully saturated rings. The van der Waals surface area contributed by atoms with E-state index < -0.39 is 5.97 Å². The molecule has 0 aliphatic rings. The minimum absolute atomic E-state index is 0.134. The van der Waals surface area contributed by atoms with Crippen LogP contribution in [0.4, 0.5) is 5.95 Å². The van der Waals surface area contributed by atoms with Crippen molar-refractivity contribution < 1.29 is 14.6 Å². The van der Waals surface area contributed by atoms with Crippen molar-refractivity contribution in [3.63, 3.8) is 0 Å². The summed E-state index contributed by atoms with van der Waals surface area (Å²) < 4.78 is 4.93. The van der Waals surface area contributed by atoms with Crippen molar-refractivity contribution in [3.8, 4) is 0 Å². The standard InChI is InChI=1S/C11H17N3O3/c1-8-9(10(15)16)7-13-11(14-8)12-5-3-4-6-17-2/h7H,3-6H2,1-2H3,(H,15,16)(H,12,13,14). The average Bonchev–Trinajstić information content (AvgIpc) is 2.28. The molecule has 0 bridgehead atoms. The fraction of sp³-hybridized carbons (Fsp3) is 0.545. The maximum atomic E-state index is 10.8. The van der Waals surface area contributed by atoms with E-state index in [-0.39, 0.29) is 5.56 Å². The number of aromatic carboxylic acids is 1. The van der Waals surface area contributed by atoms with Gasteiger partial charge in [0.15, 0.2) is 0 Å². The maximum Gasteiger partial charge on any atom is 0.339 e. The first-order valence-electron chi connectivity index (χ1n) is 5.45. The third-order valence-electron chi connectivity index (χ3n) is 2.27. The zero-order valence-corrected chi connectivity index (χ0v) is 10.1. The first kappa shape index (κ1) is 13.4. The van der Waals surface area contributed by atoms with Crippen molar-refractivity contribution in [1.29, 1.82) is 0 Å². The number of anilines is 1. The van der Waals surface area contributed by atoms with Crippen LogP contribution in [0.2, 0.25) is 0 Å². The predicted molar refractivity (Wildman–Crippen MR) is 63.3 cm³/mol. The monoisotopic (exact) mass is 239 g/mol. The summed E-state index contributed by atoms with van der Waals surface area (Å²) in [5.41, 5.74) is 0.599. The molecule has 0 radical (unpaired) electrons. The predicted octanol–water partition coefficient (Wildman–Crippen LogP) is 1.32. The number of nitrogens with zero attached hydrogens (tertiary/aromatic N) is 2. The number of carboxylic acid groups (broad SMARTS) is 1. The van der Waals surface area contributed by atoms with Crippen LogP contribution in [-0.4, -0.2) is 41.3 Å². The zero-order chi connectivity index (χ0) is 12.7. The van der Waals surface area contributed by atoms with Crippen LogP contribution in [0.25, 0.3) is 0 Å². The molecule has 17 heavy (non-hydrogen) atoms. The van der Waals surface area contributed by atoms with Crippen molar-refractivity contribution in [2.45, 2.75) is 19.8 Å². The zero-order valence-electron chi connectivity index (χ0n) is 10.1. The number of rotatable bonds is 7. The highest BCUT2D eigenvalue weighted by molar-refractivity contribution is 5.88. The van der Waals surface area contributed by atoms with Crippen LogP contribution in [0.3, 0.4) is 0 Å². The van der Waals surface area contributed by atoms with Gasteiger partial charge in [-0.25, -0.2) is 14.8 Å². The van der Waals surface area contributed by atoms with Crippen LogP contribution in [0.1, 0.15) is 28.9 Å². The van der Waals surface area contributed by atoms with Gasteiger partial charge in [-0.1, -0.05) is 0 Å². The minimum atomic E-state index is -1.01. The van der Waals surface area contributed by atoms with Gasteiger partial charge in [0.2, 0.25) is 5.95 Å². The van der Waals surface area contributed by atoms with Gasteiger partial charge in [-0.05, 0) is 19.8 Å². The Morgan fingerprint density at radius 1 is 1.53 bits per heavy atom. The van der Waals surface area contributed by atoms with Gasteiger partial charge in [-0.3, -0.25) is 0 Å². The van der Waals surface area contributed by atoms with Gasteiger partial charge < -0.3 is 15.2 Å². The van der Waals surface area contributed by atoms with Crippen molar-refractivity contribution in [2.75, 3.05) is 25.6 Å². The first-order valence-corrected chi connectivity index (χ1v) is 5.45. The maximum absolute atomic E-state index is 10.8. The molecule has 1 aromatic rings. The molecule has 0 amide bonds. The molecule has 2 N–H and O–H groups in total. The van der Waals surface area contributed by atoms with E-state index in [1.54, 1.807) is 14.0 Å². The topological polar surface area (TPSA) is 84.3 Å². The highest BCUT2D eigenvalue weighted by Gasteiger charge is 2.09. The number of carboxylic acids is 1. The minimum Gasteiger partial charge on any atom is -0.478 e. The summed E-state index contributed by atoms with van der Waals surface area (Å²) in [5.74, 6) is -0.543. The third kappa shape index (κ3) is 4.36. The van der Waals surface area contributed by atoms with Crippen molar-refractivity contribution in [1.82, 2.24) is 9.97 Å². The molecule has 0 atom stereocenters. The second-order valence-corrected chi connectivity index (χ2v) is 3.62. The van der Waals surface area contributed by atoms with Crippen LogP contribution in [0.15, 0.2) is 6.20 Å². The van der Waals surface area contributed by atoms with E-state index in [2.05, 4.69) is 15.3 Å². The van der Waals surface area contributed by atoms with Crippen LogP contribution in [-0.2, 0) is 4.74 Å². The number of methoxy groups -OCH3 is 1. The summed E-state index contributed by atoms with van der Waals surface area (Å²) in [4.78, 5) is 18.8. The molecule has 0 aliphatic heterocycles. The summed E-state index contributed by atoms with van der Waals surface area (Å²) >= 11 is 0. The number of unbranched alkanes of at least 4 members (excludes halogenated alkanes) is 1. The molecule has 1 rings (SSSR count). The Labute approximate surface area is 100 Å². The number of hydrogen-bond donors (Lipinski definition) is 2. The molecule has 0 saturated heterocycles. The molecule has 6 heteroatoms. The van der Waals surface area contributed by atoms with E-state index in [0.29, 0.717) is 11.6 Å². The number of hydrogen-bond acceptors (Lipinski definition) is 5. The SMILES string of the molecule is COCCCCNc1ncc(C(=O)O)c(C)n1. The molecule has 0 aromatic carbocycles. The number of carbonyl (C=O) groups is 1. The Balaban J connectivity index is 2.45. The van der Waals surface area contributed by atoms with Crippen LogP contribution in [0, 0.1) is 6.92 Å². The highest BCUT2D eigenvalue weighted by Crippen LogP contribution is 2.06. The number of nitrogens with one attached hydrogen (secondary N) is 1. The fourth-order valence-electron chi connectivity index (χ4n) is 1.33. The van der Waals surface area contributed by atoms with Crippen molar-refractivity contribution >= 4 is 11.9 Å². The largest absolute Gasteiger partial charge is 0.478 e. The molecule has 0 saturated carbocycles. The highest BCUT2D eigenvalue weighted by atomic mass is 16.5. The lowest BCUT2D eigenvalue weighted by atomic mass is 10.2. The molecule has 1 aromatic heterocycles. The van der Waals surface area contributed by atoms with Gasteiger partial charge >= 0.3 is 5.97 Å². The van der Waals surface area contributed by atoms with E-state index in [0.717, 1.165) is 26.0 Å². The molecular weight excluding hydrogens is 222 g/mol. The second kappa shape index (κ2) is 6.80. The normalized spacial score (nSPS) is 10.2. The molecule has 6 nitrogen and oxygen atoms in total. The molecular formula is C11H17N3O3. The van der Waals surface area contributed by atoms with Gasteiger partial charge in [-0.2, -0.15) is 0 Å². The molecule has 0 unspecified atom stereocenters. The summed E-state index contributed by atoms with van der Waals surface area (Å²) in [6.45, 7) is 3.13. The van der Waals surface area contributed by atoms with Crippen molar-refractivity contribution in [2.24, 2.45) is 0 Å². The van der Waals surface area contributed by atoms with Gasteiger partial charge in [0.25, 0.3) is 0 Å². The Morgan fingerprint density at radius 2 is 2.29 bits per heavy atom. The first-order chi connectivity index (χ1) is 8.15. The number of aryl methyl sites for hydroxylation is 1. The Morgan fingerprint density at radius 3 is 2.88 bits per heavy atom. The Bertz CT molecular complexity index is 382. The summed E-state index contributed by atoms with van der Waals surface area (Å²) in [5, 5.41) is 11.9. The smallest absolute Gasteiger partial charge is 0.339 e. The second-order valence-electron chi connectivity index (χ2n) is 3.62. The Hall–Kier alpha value is -1.69. The van der Waals surface area contributed by atoms with Gasteiger partial charge in [0.05, 0.1) is 11.3 Å². The van der Waals surface area contributed by atoms with Crippen LogP contribution in [0.5, 0.6) is 0 Å². The molecule has 0 aliphatic carbocycles. The number of ether oxygens (including phenoxy) is 1. The molecule has 1 heterocycles. The quantitative estimate of drug-likeness (QED) is 0.698. The van der Waals surface area contributed by atoms with Gasteiger partial charge in [0, 0.05) is 26.5 Å². The van der Waals surface area contributed by atoms with E-state index in [4.69, 9.17) is 9.84 Å². The lowest BCUT2D eigenvalue weighted by Crippen LogP contribution is -2.10. The Kier molecular flexibility index (Phi) is 5.35.